The highest BCUT2D eigenvalue weighted by atomic mass is 31.1. The second kappa shape index (κ2) is 31.6. The number of hydrogen-bond acceptors (Lipinski definition) is 6. The van der Waals surface area contributed by atoms with E-state index in [1.54, 1.807) is 0 Å². The summed E-state index contributed by atoms with van der Waals surface area (Å²) in [6.45, 7) is 8.31. The van der Waals surface area contributed by atoms with Gasteiger partial charge in [0.2, 0.25) is 0 Å². The van der Waals surface area contributed by atoms with Crippen LogP contribution < -0.4 is 21.4 Å². The van der Waals surface area contributed by atoms with Crippen LogP contribution in [-0.2, 0) is 4.84 Å². The van der Waals surface area contributed by atoms with Crippen LogP contribution in [0.5, 0.6) is 0 Å². The summed E-state index contributed by atoms with van der Waals surface area (Å²) in [4.78, 5) is 14.3. The minimum Gasteiger partial charge on any atom is -0.448 e. The summed E-state index contributed by atoms with van der Waals surface area (Å²) in [7, 11) is 1.14. The second-order valence-corrected chi connectivity index (χ2v) is 11.1. The SMILES string of the molecule is CCCCCCCCCCCCCCCCCPCCCNCCNCCNCCNOC(=O)O. The first-order chi connectivity index (χ1) is 17.3. The zero-order chi connectivity index (χ0) is 25.5. The van der Waals surface area contributed by atoms with Gasteiger partial charge in [-0.1, -0.05) is 96.8 Å². The molecule has 0 bridgehead atoms. The number of rotatable bonds is 30. The van der Waals surface area contributed by atoms with Gasteiger partial charge < -0.3 is 25.9 Å². The fraction of sp³-hybridized carbons (Fsp3) is 0.963. The van der Waals surface area contributed by atoms with E-state index in [1.807, 2.05) is 0 Å². The first-order valence-electron chi connectivity index (χ1n) is 14.7. The first-order valence-corrected chi connectivity index (χ1v) is 16.1. The molecule has 0 aliphatic heterocycles. The number of hydroxylamine groups is 1. The van der Waals surface area contributed by atoms with Gasteiger partial charge in [-0.05, 0) is 31.7 Å². The molecule has 7 nitrogen and oxygen atoms in total. The Morgan fingerprint density at radius 3 is 1.46 bits per heavy atom. The molecule has 0 aliphatic rings. The molecule has 0 fully saturated rings. The monoisotopic (exact) mass is 518 g/mol. The quantitative estimate of drug-likeness (QED) is 0.0459. The number of carbonyl (C=O) groups is 1. The van der Waals surface area contributed by atoms with Crippen molar-refractivity contribution in [3.05, 3.63) is 0 Å². The van der Waals surface area contributed by atoms with Gasteiger partial charge in [0, 0.05) is 39.3 Å². The van der Waals surface area contributed by atoms with E-state index in [4.69, 9.17) is 5.11 Å². The van der Waals surface area contributed by atoms with Gasteiger partial charge in [0.05, 0.1) is 0 Å². The van der Waals surface area contributed by atoms with Crippen LogP contribution in [0.1, 0.15) is 110 Å². The maximum atomic E-state index is 10.1. The molecule has 0 aromatic carbocycles. The van der Waals surface area contributed by atoms with Crippen molar-refractivity contribution < 1.29 is 14.7 Å². The molecule has 0 saturated carbocycles. The number of hydrogen-bond donors (Lipinski definition) is 5. The molecule has 1 atom stereocenters. The molecule has 210 valence electrons. The van der Waals surface area contributed by atoms with Crippen molar-refractivity contribution in [1.82, 2.24) is 21.4 Å². The molecule has 0 aromatic heterocycles. The van der Waals surface area contributed by atoms with Gasteiger partial charge in [0.15, 0.2) is 0 Å². The molecule has 0 heterocycles. The molecule has 0 aromatic rings. The predicted molar refractivity (Wildman–Crippen MR) is 153 cm³/mol. The van der Waals surface area contributed by atoms with Crippen molar-refractivity contribution in [3.63, 3.8) is 0 Å². The van der Waals surface area contributed by atoms with Crippen LogP contribution >= 0.6 is 8.58 Å². The fourth-order valence-corrected chi connectivity index (χ4v) is 5.24. The van der Waals surface area contributed by atoms with E-state index in [1.165, 1.54) is 115 Å². The topological polar surface area (TPSA) is 94.6 Å². The smallest absolute Gasteiger partial charge is 0.448 e. The Hall–Kier alpha value is -0.460. The molecule has 8 heteroatoms. The van der Waals surface area contributed by atoms with Crippen LogP contribution in [0.2, 0.25) is 0 Å². The second-order valence-electron chi connectivity index (χ2n) is 9.57. The molecule has 0 amide bonds. The van der Waals surface area contributed by atoms with Crippen molar-refractivity contribution in [2.24, 2.45) is 0 Å². The average molecular weight is 519 g/mol. The third kappa shape index (κ3) is 33.5. The van der Waals surface area contributed by atoms with E-state index in [0.29, 0.717) is 13.1 Å². The summed E-state index contributed by atoms with van der Waals surface area (Å²) in [5, 5.41) is 18.4. The molecular weight excluding hydrogens is 459 g/mol. The zero-order valence-electron chi connectivity index (χ0n) is 22.9. The van der Waals surface area contributed by atoms with Gasteiger partial charge in [-0.2, -0.15) is 0 Å². The number of nitrogens with one attached hydrogen (secondary N) is 4. The van der Waals surface area contributed by atoms with E-state index < -0.39 is 6.16 Å². The Bertz CT molecular complexity index is 420. The highest BCUT2D eigenvalue weighted by molar-refractivity contribution is 7.37. The Balaban J connectivity index is 3.01. The lowest BCUT2D eigenvalue weighted by molar-refractivity contribution is 0.0447. The number of carboxylic acid groups (broad SMARTS) is 1. The van der Waals surface area contributed by atoms with Gasteiger partial charge >= 0.3 is 6.16 Å². The summed E-state index contributed by atoms with van der Waals surface area (Å²) in [6, 6.07) is 0. The standard InChI is InChI=1S/C27H59N4O3P/c1-2-3-4-5-6-7-8-9-10-11-12-13-14-15-16-25-35-26-17-18-28-19-20-29-21-22-30-23-24-31-34-27(32)33/h28-31,35H,2-26H2,1H3,(H,32,33). The summed E-state index contributed by atoms with van der Waals surface area (Å²) in [5.41, 5.74) is 2.36. The molecule has 0 rings (SSSR count). The van der Waals surface area contributed by atoms with Crippen LogP contribution in [0.15, 0.2) is 0 Å². The van der Waals surface area contributed by atoms with Crippen molar-refractivity contribution in [3.8, 4) is 0 Å². The Labute approximate surface area is 218 Å². The minimum atomic E-state index is -1.31. The predicted octanol–water partition coefficient (Wildman–Crippen LogP) is 5.89. The van der Waals surface area contributed by atoms with E-state index in [9.17, 15) is 4.79 Å². The van der Waals surface area contributed by atoms with Crippen molar-refractivity contribution in [2.45, 2.75) is 110 Å². The molecule has 0 spiro atoms. The Kier molecular flexibility index (Phi) is 31.2. The fourth-order valence-electron chi connectivity index (χ4n) is 4.07. The molecule has 0 saturated heterocycles. The molecular formula is C27H59N4O3P. The van der Waals surface area contributed by atoms with Crippen LogP contribution in [0.3, 0.4) is 0 Å². The normalized spacial score (nSPS) is 11.6. The highest BCUT2D eigenvalue weighted by Gasteiger charge is 1.96. The molecule has 0 aliphatic carbocycles. The molecule has 1 unspecified atom stereocenters. The van der Waals surface area contributed by atoms with E-state index in [2.05, 4.69) is 33.2 Å². The largest absolute Gasteiger partial charge is 0.525 e. The van der Waals surface area contributed by atoms with Crippen LogP contribution in [0.25, 0.3) is 0 Å². The van der Waals surface area contributed by atoms with Gasteiger partial charge in [-0.15, -0.1) is 14.1 Å². The first kappa shape index (κ1) is 34.5. The maximum Gasteiger partial charge on any atom is 0.525 e. The third-order valence-corrected chi connectivity index (χ3v) is 7.60. The Morgan fingerprint density at radius 2 is 0.971 bits per heavy atom. The van der Waals surface area contributed by atoms with Crippen LogP contribution in [0, 0.1) is 0 Å². The summed E-state index contributed by atoms with van der Waals surface area (Å²) >= 11 is 0. The van der Waals surface area contributed by atoms with Crippen LogP contribution in [0.4, 0.5) is 4.79 Å². The van der Waals surface area contributed by atoms with Crippen molar-refractivity contribution in [2.75, 3.05) is 58.1 Å². The maximum absolute atomic E-state index is 10.1. The van der Waals surface area contributed by atoms with Gasteiger partial charge in [0.25, 0.3) is 0 Å². The summed E-state index contributed by atoms with van der Waals surface area (Å²) in [5.74, 6) is 0. The molecule has 35 heavy (non-hydrogen) atoms. The lowest BCUT2D eigenvalue weighted by atomic mass is 10.0. The lowest BCUT2D eigenvalue weighted by Crippen LogP contribution is -2.35. The third-order valence-electron chi connectivity index (χ3n) is 6.18. The van der Waals surface area contributed by atoms with Gasteiger partial charge in [0.1, 0.15) is 0 Å². The summed E-state index contributed by atoms with van der Waals surface area (Å²) in [6.07, 6.45) is 24.5. The molecule has 5 N–H and O–H groups in total. The lowest BCUT2D eigenvalue weighted by Gasteiger charge is -2.08. The zero-order valence-corrected chi connectivity index (χ0v) is 23.9. The van der Waals surface area contributed by atoms with Crippen molar-refractivity contribution in [1.29, 1.82) is 0 Å². The Morgan fingerprint density at radius 1 is 0.571 bits per heavy atom. The average Bonchev–Trinajstić information content (AvgIpc) is 2.85. The minimum absolute atomic E-state index is 0.466. The van der Waals surface area contributed by atoms with Crippen LogP contribution in [-0.4, -0.2) is 69.4 Å². The van der Waals surface area contributed by atoms with E-state index >= 15 is 0 Å². The van der Waals surface area contributed by atoms with Crippen molar-refractivity contribution >= 4 is 14.7 Å². The van der Waals surface area contributed by atoms with E-state index in [0.717, 1.165) is 41.3 Å². The van der Waals surface area contributed by atoms with E-state index in [-0.39, 0.29) is 0 Å². The highest BCUT2D eigenvalue weighted by Crippen LogP contribution is 2.16. The van der Waals surface area contributed by atoms with Gasteiger partial charge in [-0.3, -0.25) is 0 Å². The van der Waals surface area contributed by atoms with Gasteiger partial charge in [-0.25, -0.2) is 4.79 Å². The molecule has 0 radical (unpaired) electrons. The summed E-state index contributed by atoms with van der Waals surface area (Å²) < 4.78 is 0. The number of unbranched alkanes of at least 4 members (excludes halogenated alkanes) is 14.